The fourth-order valence-corrected chi connectivity index (χ4v) is 2.27. The first-order valence-corrected chi connectivity index (χ1v) is 8.12. The summed E-state index contributed by atoms with van der Waals surface area (Å²) in [5.41, 5.74) is 3.65. The van der Waals surface area contributed by atoms with E-state index in [1.807, 2.05) is 33.8 Å². The third-order valence-corrected chi connectivity index (χ3v) is 3.31. The van der Waals surface area contributed by atoms with Gasteiger partial charge in [-0.1, -0.05) is 53.7 Å². The largest absolute Gasteiger partial charge is 0.252 e. The molecule has 0 radical (unpaired) electrons. The molecule has 19 heavy (non-hydrogen) atoms. The van der Waals surface area contributed by atoms with Crippen molar-refractivity contribution in [2.45, 2.75) is 54.4 Å². The molecule has 0 saturated carbocycles. The van der Waals surface area contributed by atoms with Gasteiger partial charge in [-0.25, -0.2) is 0 Å². The van der Waals surface area contributed by atoms with E-state index < -0.39 is 0 Å². The molecular formula is C17H26BrN. The van der Waals surface area contributed by atoms with Crippen molar-refractivity contribution in [1.29, 1.82) is 0 Å². The maximum atomic E-state index is 4.65. The maximum Gasteiger partial charge on any atom is 0.0849 e. The number of aryl methyl sites for hydroxylation is 2. The zero-order chi connectivity index (χ0) is 14.8. The molecule has 2 heteroatoms. The van der Waals surface area contributed by atoms with Crippen LogP contribution in [0.5, 0.6) is 0 Å². The highest BCUT2D eigenvalue weighted by atomic mass is 79.9. The van der Waals surface area contributed by atoms with E-state index in [-0.39, 0.29) is 0 Å². The number of para-hydroxylation sites is 1. The number of pyridine rings is 1. The zero-order valence-corrected chi connectivity index (χ0v) is 14.6. The smallest absolute Gasteiger partial charge is 0.0849 e. The predicted octanol–water partition coefficient (Wildman–Crippen LogP) is 6.17. The van der Waals surface area contributed by atoms with Crippen LogP contribution in [0.2, 0.25) is 0 Å². The van der Waals surface area contributed by atoms with Gasteiger partial charge in [-0.05, 0) is 46.5 Å². The highest BCUT2D eigenvalue weighted by molar-refractivity contribution is 9.10. The molecule has 0 aliphatic rings. The molecule has 1 nitrogen and oxygen atoms in total. The van der Waals surface area contributed by atoms with Crippen LogP contribution in [0.15, 0.2) is 28.7 Å². The van der Waals surface area contributed by atoms with Crippen LogP contribution in [0.4, 0.5) is 0 Å². The maximum absolute atomic E-state index is 4.65. The van der Waals surface area contributed by atoms with Crippen LogP contribution >= 0.6 is 15.9 Å². The first-order valence-electron chi connectivity index (χ1n) is 7.33. The first kappa shape index (κ1) is 18.1. The zero-order valence-electron chi connectivity index (χ0n) is 13.0. The Morgan fingerprint density at radius 3 is 2.16 bits per heavy atom. The summed E-state index contributed by atoms with van der Waals surface area (Å²) in [7, 11) is 0. The number of hydrogen-bond acceptors (Lipinski definition) is 1. The molecule has 0 N–H and O–H groups in total. The second-order valence-corrected chi connectivity index (χ2v) is 4.47. The molecule has 2 rings (SSSR count). The lowest BCUT2D eigenvalue weighted by atomic mass is 10.0. The van der Waals surface area contributed by atoms with Gasteiger partial charge in [0.05, 0.1) is 5.52 Å². The summed E-state index contributed by atoms with van der Waals surface area (Å²) in [4.78, 5) is 4.65. The molecule has 0 spiro atoms. The van der Waals surface area contributed by atoms with Crippen molar-refractivity contribution in [3.63, 3.8) is 0 Å². The summed E-state index contributed by atoms with van der Waals surface area (Å²) in [6.07, 6.45) is 2.05. The molecule has 0 aliphatic heterocycles. The van der Waals surface area contributed by atoms with E-state index in [2.05, 4.69) is 53.0 Å². The van der Waals surface area contributed by atoms with Crippen molar-refractivity contribution >= 4 is 26.8 Å². The second-order valence-electron chi connectivity index (χ2n) is 3.62. The van der Waals surface area contributed by atoms with E-state index in [4.69, 9.17) is 0 Å². The fraction of sp³-hybridized carbons (Fsp3) is 0.471. The number of aromatic nitrogens is 1. The molecular weight excluding hydrogens is 298 g/mol. The lowest BCUT2D eigenvalue weighted by Gasteiger charge is -2.08. The monoisotopic (exact) mass is 323 g/mol. The summed E-state index contributed by atoms with van der Waals surface area (Å²) in [6.45, 7) is 12.3. The molecule has 0 bridgehead atoms. The number of benzene rings is 1. The highest BCUT2D eigenvalue weighted by Crippen LogP contribution is 2.25. The van der Waals surface area contributed by atoms with Crippen LogP contribution < -0.4 is 0 Å². The molecule has 1 aromatic heterocycles. The third kappa shape index (κ3) is 4.61. The standard InChI is InChI=1S/C13H14BrN.2C2H6/c1-3-9-8-10(4-2)15-13-11(9)6-5-7-12(13)14;2*1-2/h5-8H,3-4H2,1-2H3;2*1-2H3. The Balaban J connectivity index is 0.000000741. The molecule has 0 unspecified atom stereocenters. The SMILES string of the molecule is CC.CC.CCc1cc(CC)c2cccc(Br)c2n1. The van der Waals surface area contributed by atoms with Gasteiger partial charge in [0.1, 0.15) is 0 Å². The quantitative estimate of drug-likeness (QED) is 0.643. The summed E-state index contributed by atoms with van der Waals surface area (Å²) in [5, 5.41) is 1.27. The minimum atomic E-state index is 0.990. The second kappa shape index (κ2) is 9.96. The number of fused-ring (bicyclic) bond motifs is 1. The van der Waals surface area contributed by atoms with Crippen LogP contribution in [0, 0.1) is 0 Å². The minimum Gasteiger partial charge on any atom is -0.252 e. The Morgan fingerprint density at radius 2 is 1.63 bits per heavy atom. The van der Waals surface area contributed by atoms with Gasteiger partial charge in [0.2, 0.25) is 0 Å². The first-order chi connectivity index (χ1) is 9.26. The van der Waals surface area contributed by atoms with E-state index in [1.165, 1.54) is 16.6 Å². The number of nitrogens with zero attached hydrogens (tertiary/aromatic N) is 1. The van der Waals surface area contributed by atoms with E-state index >= 15 is 0 Å². The third-order valence-electron chi connectivity index (χ3n) is 2.67. The Labute approximate surface area is 126 Å². The molecule has 106 valence electrons. The minimum absolute atomic E-state index is 0.990. The summed E-state index contributed by atoms with van der Waals surface area (Å²) < 4.78 is 1.09. The van der Waals surface area contributed by atoms with Crippen LogP contribution in [0.25, 0.3) is 10.9 Å². The summed E-state index contributed by atoms with van der Waals surface area (Å²) >= 11 is 3.56. The van der Waals surface area contributed by atoms with Crippen molar-refractivity contribution in [3.8, 4) is 0 Å². The molecule has 2 aromatic rings. The Morgan fingerprint density at radius 1 is 1.00 bits per heavy atom. The normalized spacial score (nSPS) is 9.21. The van der Waals surface area contributed by atoms with E-state index in [0.29, 0.717) is 0 Å². The topological polar surface area (TPSA) is 12.9 Å². The average Bonchev–Trinajstić information content (AvgIpc) is 2.51. The van der Waals surface area contributed by atoms with Crippen LogP contribution in [0.1, 0.15) is 52.8 Å². The number of halogens is 1. The van der Waals surface area contributed by atoms with Gasteiger partial charge in [-0.15, -0.1) is 0 Å². The molecule has 0 aliphatic carbocycles. The van der Waals surface area contributed by atoms with E-state index in [1.54, 1.807) is 0 Å². The fourth-order valence-electron chi connectivity index (χ4n) is 1.82. The molecule has 1 aromatic carbocycles. The lowest BCUT2D eigenvalue weighted by Crippen LogP contribution is -1.94. The lowest BCUT2D eigenvalue weighted by molar-refractivity contribution is 1.03. The average molecular weight is 324 g/mol. The number of rotatable bonds is 2. The summed E-state index contributed by atoms with van der Waals surface area (Å²) in [5.74, 6) is 0. The summed E-state index contributed by atoms with van der Waals surface area (Å²) in [6, 6.07) is 8.48. The van der Waals surface area contributed by atoms with Gasteiger partial charge in [-0.3, -0.25) is 4.98 Å². The Kier molecular flexibility index (Phi) is 9.50. The van der Waals surface area contributed by atoms with Crippen LogP contribution in [0.3, 0.4) is 0 Å². The van der Waals surface area contributed by atoms with Gasteiger partial charge in [0.15, 0.2) is 0 Å². The van der Waals surface area contributed by atoms with E-state index in [9.17, 15) is 0 Å². The molecule has 1 heterocycles. The molecule has 0 fully saturated rings. The van der Waals surface area contributed by atoms with Gasteiger partial charge in [0.25, 0.3) is 0 Å². The van der Waals surface area contributed by atoms with Crippen molar-refractivity contribution in [2.24, 2.45) is 0 Å². The Hall–Kier alpha value is -0.890. The van der Waals surface area contributed by atoms with Crippen LogP contribution in [-0.4, -0.2) is 4.98 Å². The number of hydrogen-bond donors (Lipinski definition) is 0. The van der Waals surface area contributed by atoms with E-state index in [0.717, 1.165) is 22.8 Å². The van der Waals surface area contributed by atoms with Crippen molar-refractivity contribution in [1.82, 2.24) is 4.98 Å². The van der Waals surface area contributed by atoms with Crippen molar-refractivity contribution < 1.29 is 0 Å². The van der Waals surface area contributed by atoms with Crippen molar-refractivity contribution in [2.75, 3.05) is 0 Å². The van der Waals surface area contributed by atoms with Gasteiger partial charge < -0.3 is 0 Å². The Bertz CT molecular complexity index is 492. The van der Waals surface area contributed by atoms with Crippen molar-refractivity contribution in [3.05, 3.63) is 40.0 Å². The molecule has 0 amide bonds. The van der Waals surface area contributed by atoms with Gasteiger partial charge in [0, 0.05) is 15.6 Å². The van der Waals surface area contributed by atoms with Crippen LogP contribution in [-0.2, 0) is 12.8 Å². The predicted molar refractivity (Wildman–Crippen MR) is 90.9 cm³/mol. The van der Waals surface area contributed by atoms with Gasteiger partial charge in [-0.2, -0.15) is 0 Å². The molecule has 0 atom stereocenters. The molecule has 0 saturated heterocycles. The highest BCUT2D eigenvalue weighted by Gasteiger charge is 2.05. The van der Waals surface area contributed by atoms with Gasteiger partial charge >= 0.3 is 0 Å².